The van der Waals surface area contributed by atoms with Gasteiger partial charge in [0.25, 0.3) is 0 Å². The molecule has 1 aromatic rings. The zero-order valence-electron chi connectivity index (χ0n) is 9.91. The summed E-state index contributed by atoms with van der Waals surface area (Å²) < 4.78 is 10.9. The Morgan fingerprint density at radius 3 is 2.56 bits per heavy atom. The van der Waals surface area contributed by atoms with E-state index in [9.17, 15) is 9.36 Å². The molecule has 0 radical (unpaired) electrons. The number of benzene rings is 1. The minimum absolute atomic E-state index is 0.310. The summed E-state index contributed by atoms with van der Waals surface area (Å²) in [7, 11) is -4.08. The number of carboxylic acid groups (broad SMARTS) is 1. The van der Waals surface area contributed by atoms with Gasteiger partial charge in [-0.05, 0) is 18.1 Å². The molecule has 0 fully saturated rings. The lowest BCUT2D eigenvalue weighted by Gasteiger charge is -2.10. The molecule has 18 heavy (non-hydrogen) atoms. The van der Waals surface area contributed by atoms with Crippen LogP contribution >= 0.6 is 7.60 Å². The van der Waals surface area contributed by atoms with E-state index in [2.05, 4.69) is 5.32 Å². The van der Waals surface area contributed by atoms with E-state index in [0.29, 0.717) is 12.1 Å². The molecule has 0 amide bonds. The summed E-state index contributed by atoms with van der Waals surface area (Å²) in [5, 5.41) is 11.5. The lowest BCUT2D eigenvalue weighted by molar-refractivity contribution is -0.139. The number of aliphatic carboxylic acids is 1. The van der Waals surface area contributed by atoms with E-state index in [1.807, 2.05) is 0 Å². The van der Waals surface area contributed by atoms with Crippen LogP contribution in [0.2, 0.25) is 0 Å². The smallest absolute Gasteiger partial charge is 0.329 e. The van der Waals surface area contributed by atoms with Gasteiger partial charge in [-0.3, -0.25) is 9.36 Å². The quantitative estimate of drug-likeness (QED) is 0.574. The third-order valence-electron chi connectivity index (χ3n) is 2.36. The van der Waals surface area contributed by atoms with Crippen LogP contribution in [0, 0.1) is 0 Å². The molecule has 7 heteroatoms. The predicted molar refractivity (Wildman–Crippen MR) is 66.1 cm³/mol. The molecule has 0 aliphatic heterocycles. The molecule has 0 unspecified atom stereocenters. The fourth-order valence-corrected chi connectivity index (χ4v) is 2.11. The van der Waals surface area contributed by atoms with Crippen molar-refractivity contribution >= 4 is 13.6 Å². The fourth-order valence-electron chi connectivity index (χ4n) is 1.43. The first-order valence-electron chi connectivity index (χ1n) is 5.36. The first kappa shape index (κ1) is 14.9. The van der Waals surface area contributed by atoms with Crippen LogP contribution in [0.25, 0.3) is 0 Å². The molecule has 1 aromatic carbocycles. The molecule has 0 aromatic heterocycles. The number of carbonyl (C=O) groups is 1. The average molecular weight is 273 g/mol. The maximum Gasteiger partial charge on any atom is 0.329 e. The standard InChI is InChI=1S/C11H16NO5P/c1-8(11(13)14)12-6-9-3-2-4-10(5-9)7-18(15,16)17/h2-5,8,12H,6-7H2,1H3,(H,13,14)(H2,15,16,17)/t8-/m1/s1. The van der Waals surface area contributed by atoms with E-state index < -0.39 is 19.6 Å². The summed E-state index contributed by atoms with van der Waals surface area (Å²) in [6.45, 7) is 1.87. The molecule has 0 aliphatic rings. The highest BCUT2D eigenvalue weighted by Crippen LogP contribution is 2.38. The molecule has 0 heterocycles. The third-order valence-corrected chi connectivity index (χ3v) is 3.14. The highest BCUT2D eigenvalue weighted by atomic mass is 31.2. The Morgan fingerprint density at radius 1 is 1.39 bits per heavy atom. The zero-order chi connectivity index (χ0) is 13.8. The van der Waals surface area contributed by atoms with Crippen LogP contribution in [0.5, 0.6) is 0 Å². The largest absolute Gasteiger partial charge is 0.480 e. The van der Waals surface area contributed by atoms with E-state index in [0.717, 1.165) is 5.56 Å². The monoisotopic (exact) mass is 273 g/mol. The van der Waals surface area contributed by atoms with Crippen LogP contribution in [0.3, 0.4) is 0 Å². The van der Waals surface area contributed by atoms with Crippen molar-refractivity contribution < 1.29 is 24.3 Å². The number of rotatable bonds is 6. The highest BCUT2D eigenvalue weighted by Gasteiger charge is 2.14. The predicted octanol–water partition coefficient (Wildman–Crippen LogP) is 0.927. The molecule has 0 saturated carbocycles. The lowest BCUT2D eigenvalue weighted by atomic mass is 10.1. The van der Waals surface area contributed by atoms with Gasteiger partial charge in [0.15, 0.2) is 0 Å². The van der Waals surface area contributed by atoms with E-state index in [-0.39, 0.29) is 6.16 Å². The Hall–Kier alpha value is -1.20. The summed E-state index contributed by atoms with van der Waals surface area (Å²) >= 11 is 0. The van der Waals surface area contributed by atoms with Gasteiger partial charge in [0.05, 0.1) is 6.16 Å². The molecule has 0 bridgehead atoms. The average Bonchev–Trinajstić information content (AvgIpc) is 2.23. The Labute approximate surface area is 105 Å². The SMILES string of the molecule is C[C@@H](NCc1cccc(CP(=O)(O)O)c1)C(=O)O. The molecule has 1 atom stereocenters. The maximum atomic E-state index is 10.9. The van der Waals surface area contributed by atoms with Crippen molar-refractivity contribution in [1.82, 2.24) is 5.32 Å². The first-order valence-corrected chi connectivity index (χ1v) is 7.16. The number of carboxylic acids is 1. The van der Waals surface area contributed by atoms with Crippen molar-refractivity contribution in [2.75, 3.05) is 0 Å². The van der Waals surface area contributed by atoms with Gasteiger partial charge in [-0.2, -0.15) is 0 Å². The van der Waals surface area contributed by atoms with Gasteiger partial charge in [-0.15, -0.1) is 0 Å². The summed E-state index contributed by atoms with van der Waals surface area (Å²) in [6, 6.07) is 6.07. The Balaban J connectivity index is 2.65. The van der Waals surface area contributed by atoms with Crippen LogP contribution in [0.4, 0.5) is 0 Å². The van der Waals surface area contributed by atoms with Gasteiger partial charge >= 0.3 is 13.6 Å². The molecular weight excluding hydrogens is 257 g/mol. The second-order valence-corrected chi connectivity index (χ2v) is 5.73. The maximum absolute atomic E-state index is 10.9. The van der Waals surface area contributed by atoms with Gasteiger partial charge in [0, 0.05) is 6.54 Å². The molecule has 1 rings (SSSR count). The molecular formula is C11H16NO5P. The number of nitrogens with one attached hydrogen (secondary N) is 1. The minimum Gasteiger partial charge on any atom is -0.480 e. The Kier molecular flexibility index (Phi) is 5.04. The van der Waals surface area contributed by atoms with Crippen molar-refractivity contribution in [3.05, 3.63) is 35.4 Å². The zero-order valence-corrected chi connectivity index (χ0v) is 10.8. The van der Waals surface area contributed by atoms with Gasteiger partial charge in [0.2, 0.25) is 0 Å². The van der Waals surface area contributed by atoms with Crippen molar-refractivity contribution in [1.29, 1.82) is 0 Å². The lowest BCUT2D eigenvalue weighted by Crippen LogP contribution is -2.33. The van der Waals surface area contributed by atoms with Crippen LogP contribution in [0.15, 0.2) is 24.3 Å². The van der Waals surface area contributed by atoms with Gasteiger partial charge in [-0.25, -0.2) is 0 Å². The fraction of sp³-hybridized carbons (Fsp3) is 0.364. The van der Waals surface area contributed by atoms with Gasteiger partial charge in [-0.1, -0.05) is 24.3 Å². The molecule has 4 N–H and O–H groups in total. The van der Waals surface area contributed by atoms with Gasteiger partial charge in [0.1, 0.15) is 6.04 Å². The Bertz CT molecular complexity index is 470. The van der Waals surface area contributed by atoms with E-state index in [1.54, 1.807) is 24.3 Å². The second kappa shape index (κ2) is 6.11. The second-order valence-electron chi connectivity index (χ2n) is 4.08. The topological polar surface area (TPSA) is 107 Å². The van der Waals surface area contributed by atoms with E-state index >= 15 is 0 Å². The molecule has 6 nitrogen and oxygen atoms in total. The van der Waals surface area contributed by atoms with E-state index in [4.69, 9.17) is 14.9 Å². The van der Waals surface area contributed by atoms with Crippen molar-refractivity contribution in [2.24, 2.45) is 0 Å². The third kappa shape index (κ3) is 5.42. The van der Waals surface area contributed by atoms with Crippen LogP contribution < -0.4 is 5.32 Å². The van der Waals surface area contributed by atoms with Crippen LogP contribution in [-0.2, 0) is 22.1 Å². The van der Waals surface area contributed by atoms with E-state index in [1.165, 1.54) is 6.92 Å². The van der Waals surface area contributed by atoms with Crippen molar-refractivity contribution in [3.8, 4) is 0 Å². The molecule has 0 spiro atoms. The van der Waals surface area contributed by atoms with Crippen LogP contribution in [0.1, 0.15) is 18.1 Å². The summed E-state index contributed by atoms with van der Waals surface area (Å²) in [6.07, 6.45) is -0.310. The van der Waals surface area contributed by atoms with Crippen molar-refractivity contribution in [3.63, 3.8) is 0 Å². The minimum atomic E-state index is -4.08. The molecule has 0 aliphatic carbocycles. The number of hydrogen-bond acceptors (Lipinski definition) is 3. The normalized spacial score (nSPS) is 13.3. The summed E-state index contributed by atoms with van der Waals surface area (Å²) in [4.78, 5) is 28.4. The molecule has 100 valence electrons. The summed E-state index contributed by atoms with van der Waals surface area (Å²) in [5.74, 6) is -0.943. The Morgan fingerprint density at radius 2 is 2.00 bits per heavy atom. The first-order chi connectivity index (χ1) is 8.28. The molecule has 0 saturated heterocycles. The van der Waals surface area contributed by atoms with Crippen LogP contribution in [-0.4, -0.2) is 26.9 Å². The summed E-state index contributed by atoms with van der Waals surface area (Å²) in [5.41, 5.74) is 1.32. The number of hydrogen-bond donors (Lipinski definition) is 4. The van der Waals surface area contributed by atoms with Crippen molar-refractivity contribution in [2.45, 2.75) is 25.7 Å². The highest BCUT2D eigenvalue weighted by molar-refractivity contribution is 7.50. The van der Waals surface area contributed by atoms with Gasteiger partial charge < -0.3 is 20.2 Å².